The first kappa shape index (κ1) is 32.9. The molecule has 0 atom stereocenters. The zero-order valence-electron chi connectivity index (χ0n) is 27.0. The second-order valence-electron chi connectivity index (χ2n) is 13.3. The highest BCUT2D eigenvalue weighted by Crippen LogP contribution is 2.43. The van der Waals surface area contributed by atoms with Gasteiger partial charge < -0.3 is 34.5 Å². The Balaban J connectivity index is 1.23. The van der Waals surface area contributed by atoms with Gasteiger partial charge in [0.25, 0.3) is 0 Å². The molecule has 10 nitrogen and oxygen atoms in total. The standard InChI is InChI=1S/C33H44ClN6O4P/c1-32(2,3)44-31(41)40-19-15-33(16-20-40)13-17-39(18-14-33)23-11-12-25(27(21-23)43-4)37-30-35-22-24(34)29(38-30)36-26-9-7-8-10-28(26)45(5,6)42/h7-12,21-22H,13-20H2,1-6H3,(H2,35,36,37,38). The molecule has 45 heavy (non-hydrogen) atoms. The first-order chi connectivity index (χ1) is 21.2. The third-order valence-corrected chi connectivity index (χ3v) is 10.4. The van der Waals surface area contributed by atoms with E-state index in [9.17, 15) is 9.36 Å². The van der Waals surface area contributed by atoms with E-state index in [4.69, 9.17) is 21.1 Å². The zero-order valence-corrected chi connectivity index (χ0v) is 28.7. The number of para-hydroxylation sites is 1. The van der Waals surface area contributed by atoms with E-state index >= 15 is 0 Å². The average molecular weight is 655 g/mol. The van der Waals surface area contributed by atoms with E-state index in [0.29, 0.717) is 28.2 Å². The van der Waals surface area contributed by atoms with Crippen molar-refractivity contribution < 1.29 is 18.8 Å². The number of nitrogens with zero attached hydrogens (tertiary/aromatic N) is 4. The van der Waals surface area contributed by atoms with Crippen molar-refractivity contribution in [2.45, 2.75) is 52.1 Å². The molecular formula is C33H44ClN6O4P. The van der Waals surface area contributed by atoms with Crippen LogP contribution < -0.4 is 25.6 Å². The van der Waals surface area contributed by atoms with Gasteiger partial charge in [0.15, 0.2) is 5.82 Å². The number of benzene rings is 2. The molecule has 1 aromatic heterocycles. The molecule has 0 radical (unpaired) electrons. The molecule has 2 aliphatic rings. The third kappa shape index (κ3) is 8.03. The molecular weight excluding hydrogens is 611 g/mol. The molecule has 2 fully saturated rings. The van der Waals surface area contributed by atoms with Gasteiger partial charge in [0.1, 0.15) is 23.5 Å². The van der Waals surface area contributed by atoms with Crippen LogP contribution in [0.4, 0.5) is 33.6 Å². The van der Waals surface area contributed by atoms with E-state index in [1.165, 1.54) is 6.20 Å². The highest BCUT2D eigenvalue weighted by molar-refractivity contribution is 7.70. The summed E-state index contributed by atoms with van der Waals surface area (Å²) < 4.78 is 24.2. The van der Waals surface area contributed by atoms with E-state index in [2.05, 4.69) is 31.6 Å². The van der Waals surface area contributed by atoms with Crippen LogP contribution in [0.1, 0.15) is 46.5 Å². The fourth-order valence-electron chi connectivity index (χ4n) is 6.02. The molecule has 5 rings (SSSR count). The molecule has 0 aliphatic carbocycles. The van der Waals surface area contributed by atoms with E-state index in [-0.39, 0.29) is 11.5 Å². The Kier molecular flexibility index (Phi) is 9.57. The fraction of sp³-hybridized carbons (Fsp3) is 0.485. The predicted molar refractivity (Wildman–Crippen MR) is 183 cm³/mol. The Bertz CT molecular complexity index is 1570. The summed E-state index contributed by atoms with van der Waals surface area (Å²) in [5, 5.41) is 7.57. The van der Waals surface area contributed by atoms with Gasteiger partial charge >= 0.3 is 6.09 Å². The highest BCUT2D eigenvalue weighted by Gasteiger charge is 2.39. The smallest absolute Gasteiger partial charge is 0.410 e. The van der Waals surface area contributed by atoms with Gasteiger partial charge in [-0.05, 0) is 89.5 Å². The Morgan fingerprint density at radius 3 is 2.29 bits per heavy atom. The fourth-order valence-corrected chi connectivity index (χ4v) is 7.32. The number of ether oxygens (including phenoxy) is 2. The molecule has 1 amide bonds. The minimum absolute atomic E-state index is 0.207. The average Bonchev–Trinajstić information content (AvgIpc) is 2.99. The molecule has 3 aromatic rings. The number of carbonyl (C=O) groups is 1. The summed E-state index contributed by atoms with van der Waals surface area (Å²) in [5.74, 6) is 1.43. The molecule has 2 saturated heterocycles. The first-order valence-electron chi connectivity index (χ1n) is 15.4. The number of halogens is 1. The minimum atomic E-state index is -2.53. The lowest BCUT2D eigenvalue weighted by atomic mass is 9.71. The highest BCUT2D eigenvalue weighted by atomic mass is 35.5. The Labute approximate surface area is 271 Å². The van der Waals surface area contributed by atoms with Crippen molar-refractivity contribution in [3.63, 3.8) is 0 Å². The van der Waals surface area contributed by atoms with Crippen LogP contribution in [0.2, 0.25) is 5.02 Å². The second-order valence-corrected chi connectivity index (χ2v) is 16.9. The zero-order chi connectivity index (χ0) is 32.4. The number of carbonyl (C=O) groups excluding carboxylic acids is 1. The van der Waals surface area contributed by atoms with Gasteiger partial charge in [-0.1, -0.05) is 23.7 Å². The topological polar surface area (TPSA) is 109 Å². The van der Waals surface area contributed by atoms with Crippen molar-refractivity contribution >= 4 is 59.0 Å². The normalized spacial score (nSPS) is 16.8. The van der Waals surface area contributed by atoms with Gasteiger partial charge in [0.2, 0.25) is 5.95 Å². The van der Waals surface area contributed by atoms with Crippen LogP contribution >= 0.6 is 18.7 Å². The molecule has 1 spiro atoms. The Hall–Kier alpha value is -3.49. The summed E-state index contributed by atoms with van der Waals surface area (Å²) in [4.78, 5) is 25.8. The lowest BCUT2D eigenvalue weighted by Crippen LogP contribution is -2.49. The molecule has 242 valence electrons. The van der Waals surface area contributed by atoms with Crippen LogP contribution in [0.3, 0.4) is 0 Å². The van der Waals surface area contributed by atoms with Gasteiger partial charge in [-0.15, -0.1) is 0 Å². The van der Waals surface area contributed by atoms with Crippen molar-refractivity contribution in [2.24, 2.45) is 5.41 Å². The number of rotatable bonds is 7. The summed E-state index contributed by atoms with van der Waals surface area (Å²) >= 11 is 6.44. The number of piperidine rings is 2. The predicted octanol–water partition coefficient (Wildman–Crippen LogP) is 7.49. The quantitative estimate of drug-likeness (QED) is 0.250. The minimum Gasteiger partial charge on any atom is -0.494 e. The summed E-state index contributed by atoms with van der Waals surface area (Å²) in [6.45, 7) is 12.6. The van der Waals surface area contributed by atoms with Crippen LogP contribution in [0.5, 0.6) is 5.75 Å². The van der Waals surface area contributed by atoms with Crippen molar-refractivity contribution in [3.8, 4) is 5.75 Å². The largest absolute Gasteiger partial charge is 0.494 e. The maximum atomic E-state index is 12.8. The Morgan fingerprint density at radius 2 is 1.64 bits per heavy atom. The number of likely N-dealkylation sites (tertiary alicyclic amines) is 1. The molecule has 0 bridgehead atoms. The molecule has 0 saturated carbocycles. The molecule has 2 aliphatic heterocycles. The maximum absolute atomic E-state index is 12.8. The monoisotopic (exact) mass is 654 g/mol. The number of hydrogen-bond acceptors (Lipinski definition) is 9. The molecule has 2 N–H and O–H groups in total. The van der Waals surface area contributed by atoms with Gasteiger partial charge in [-0.2, -0.15) is 4.98 Å². The van der Waals surface area contributed by atoms with Crippen LogP contribution in [0, 0.1) is 5.41 Å². The second kappa shape index (κ2) is 13.1. The van der Waals surface area contributed by atoms with Crippen molar-refractivity contribution in [1.82, 2.24) is 14.9 Å². The van der Waals surface area contributed by atoms with Crippen molar-refractivity contribution in [3.05, 3.63) is 53.7 Å². The van der Waals surface area contributed by atoms with Crippen LogP contribution in [0.25, 0.3) is 0 Å². The molecule has 0 unspecified atom stereocenters. The SMILES string of the molecule is COc1cc(N2CCC3(CCN(C(=O)OC(C)(C)C)CC3)CC2)ccc1Nc1ncc(Cl)c(Nc2ccccc2P(C)(C)=O)n1. The number of methoxy groups -OCH3 is 1. The van der Waals surface area contributed by atoms with Crippen LogP contribution in [-0.2, 0) is 9.30 Å². The summed E-state index contributed by atoms with van der Waals surface area (Å²) in [6, 6.07) is 13.5. The van der Waals surface area contributed by atoms with Crippen LogP contribution in [0.15, 0.2) is 48.7 Å². The Morgan fingerprint density at radius 1 is 0.978 bits per heavy atom. The van der Waals surface area contributed by atoms with Gasteiger partial charge in [-0.25, -0.2) is 9.78 Å². The summed E-state index contributed by atoms with van der Waals surface area (Å²) in [5.41, 5.74) is 2.30. The maximum Gasteiger partial charge on any atom is 0.410 e. The van der Waals surface area contributed by atoms with Gasteiger partial charge in [0.05, 0.1) is 24.7 Å². The number of nitrogens with one attached hydrogen (secondary N) is 2. The van der Waals surface area contributed by atoms with Gasteiger partial charge in [0, 0.05) is 43.2 Å². The number of aromatic nitrogens is 2. The number of amides is 1. The van der Waals surface area contributed by atoms with Gasteiger partial charge in [-0.3, -0.25) is 0 Å². The summed E-state index contributed by atoms with van der Waals surface area (Å²) in [6.07, 6.45) is 5.50. The van der Waals surface area contributed by atoms with Crippen LogP contribution in [-0.4, -0.2) is 73.2 Å². The third-order valence-electron chi connectivity index (χ3n) is 8.58. The number of hydrogen-bond donors (Lipinski definition) is 2. The van der Waals surface area contributed by atoms with E-state index < -0.39 is 12.7 Å². The van der Waals surface area contributed by atoms with E-state index in [1.807, 2.05) is 62.1 Å². The molecule has 3 heterocycles. The lowest BCUT2D eigenvalue weighted by Gasteiger charge is -2.47. The van der Waals surface area contributed by atoms with E-state index in [1.54, 1.807) is 20.4 Å². The molecule has 12 heteroatoms. The lowest BCUT2D eigenvalue weighted by molar-refractivity contribution is 0.00666. The molecule has 2 aromatic carbocycles. The van der Waals surface area contributed by atoms with E-state index in [0.717, 1.165) is 68.5 Å². The number of anilines is 5. The van der Waals surface area contributed by atoms with Crippen molar-refractivity contribution in [1.29, 1.82) is 0 Å². The summed E-state index contributed by atoms with van der Waals surface area (Å²) in [7, 11) is -0.881. The first-order valence-corrected chi connectivity index (χ1v) is 18.4. The van der Waals surface area contributed by atoms with Crippen molar-refractivity contribution in [2.75, 3.05) is 62.2 Å².